The molecule has 0 saturated heterocycles. The standard InChI is InChI=1S/C11H11ClFN3/c12-5-4-11-8-16(15-14-11)7-9-2-1-3-10(13)6-9/h1-3,6,8H,4-5,7H2. The quantitative estimate of drug-likeness (QED) is 0.767. The van der Waals surface area contributed by atoms with Crippen LogP contribution < -0.4 is 0 Å². The van der Waals surface area contributed by atoms with E-state index >= 15 is 0 Å². The first-order valence-electron chi connectivity index (χ1n) is 4.97. The van der Waals surface area contributed by atoms with Gasteiger partial charge in [-0.3, -0.25) is 0 Å². The lowest BCUT2D eigenvalue weighted by Crippen LogP contribution is -2.00. The summed E-state index contributed by atoms with van der Waals surface area (Å²) in [5, 5.41) is 7.90. The van der Waals surface area contributed by atoms with Crippen LogP contribution in [-0.4, -0.2) is 20.9 Å². The van der Waals surface area contributed by atoms with Gasteiger partial charge in [0.2, 0.25) is 0 Å². The summed E-state index contributed by atoms with van der Waals surface area (Å²) in [4.78, 5) is 0. The molecule has 84 valence electrons. The second-order valence-electron chi connectivity index (χ2n) is 3.48. The van der Waals surface area contributed by atoms with Crippen LogP contribution in [0, 0.1) is 5.82 Å². The van der Waals surface area contributed by atoms with Gasteiger partial charge in [0.25, 0.3) is 0 Å². The van der Waals surface area contributed by atoms with E-state index in [2.05, 4.69) is 10.3 Å². The van der Waals surface area contributed by atoms with E-state index in [9.17, 15) is 4.39 Å². The van der Waals surface area contributed by atoms with E-state index in [1.54, 1.807) is 10.7 Å². The highest BCUT2D eigenvalue weighted by Gasteiger charge is 2.01. The molecule has 2 aromatic rings. The van der Waals surface area contributed by atoms with Crippen molar-refractivity contribution < 1.29 is 4.39 Å². The largest absolute Gasteiger partial charge is 0.248 e. The van der Waals surface area contributed by atoms with Crippen molar-refractivity contribution in [3.63, 3.8) is 0 Å². The number of aromatic nitrogens is 3. The number of alkyl halides is 1. The molecule has 0 bridgehead atoms. The van der Waals surface area contributed by atoms with Crippen molar-refractivity contribution in [3.8, 4) is 0 Å². The number of benzene rings is 1. The Labute approximate surface area is 97.8 Å². The Morgan fingerprint density at radius 2 is 2.25 bits per heavy atom. The normalized spacial score (nSPS) is 10.6. The third-order valence-electron chi connectivity index (χ3n) is 2.17. The average Bonchev–Trinajstić information content (AvgIpc) is 2.66. The summed E-state index contributed by atoms with van der Waals surface area (Å²) in [7, 11) is 0. The van der Waals surface area contributed by atoms with Gasteiger partial charge in [-0.2, -0.15) is 0 Å². The monoisotopic (exact) mass is 239 g/mol. The maximum absolute atomic E-state index is 12.9. The average molecular weight is 240 g/mol. The summed E-state index contributed by atoms with van der Waals surface area (Å²) >= 11 is 5.60. The zero-order chi connectivity index (χ0) is 11.4. The molecule has 5 heteroatoms. The summed E-state index contributed by atoms with van der Waals surface area (Å²) in [5.74, 6) is 0.289. The van der Waals surface area contributed by atoms with Gasteiger partial charge >= 0.3 is 0 Å². The molecule has 0 aliphatic carbocycles. The van der Waals surface area contributed by atoms with Crippen LogP contribution >= 0.6 is 11.6 Å². The molecule has 0 atom stereocenters. The van der Waals surface area contributed by atoms with E-state index in [-0.39, 0.29) is 5.82 Å². The third kappa shape index (κ3) is 2.79. The highest BCUT2D eigenvalue weighted by molar-refractivity contribution is 6.17. The van der Waals surface area contributed by atoms with Crippen molar-refractivity contribution in [1.29, 1.82) is 0 Å². The van der Waals surface area contributed by atoms with Gasteiger partial charge in [-0.05, 0) is 17.7 Å². The van der Waals surface area contributed by atoms with Gasteiger partial charge in [-0.25, -0.2) is 9.07 Å². The van der Waals surface area contributed by atoms with Crippen LogP contribution in [0.5, 0.6) is 0 Å². The number of halogens is 2. The molecule has 0 amide bonds. The molecule has 1 heterocycles. The Morgan fingerprint density at radius 1 is 1.38 bits per heavy atom. The first-order chi connectivity index (χ1) is 7.78. The van der Waals surface area contributed by atoms with Crippen molar-refractivity contribution in [2.24, 2.45) is 0 Å². The minimum Gasteiger partial charge on any atom is -0.248 e. The summed E-state index contributed by atoms with van der Waals surface area (Å²) in [6.07, 6.45) is 2.53. The first-order valence-corrected chi connectivity index (χ1v) is 5.51. The molecule has 0 radical (unpaired) electrons. The number of aryl methyl sites for hydroxylation is 1. The Morgan fingerprint density at radius 3 is 3.00 bits per heavy atom. The van der Waals surface area contributed by atoms with E-state index < -0.39 is 0 Å². The Hall–Kier alpha value is -1.42. The minimum absolute atomic E-state index is 0.237. The predicted molar refractivity (Wildman–Crippen MR) is 59.9 cm³/mol. The smallest absolute Gasteiger partial charge is 0.123 e. The molecular weight excluding hydrogens is 229 g/mol. The van der Waals surface area contributed by atoms with Gasteiger partial charge in [0.1, 0.15) is 5.82 Å². The van der Waals surface area contributed by atoms with Gasteiger partial charge in [0.15, 0.2) is 0 Å². The maximum Gasteiger partial charge on any atom is 0.123 e. The molecule has 0 saturated carbocycles. The molecule has 0 aliphatic heterocycles. The summed E-state index contributed by atoms with van der Waals surface area (Å²) < 4.78 is 14.6. The van der Waals surface area contributed by atoms with Crippen LogP contribution in [0.1, 0.15) is 11.3 Å². The van der Waals surface area contributed by atoms with Crippen LogP contribution in [0.2, 0.25) is 0 Å². The van der Waals surface area contributed by atoms with Gasteiger partial charge in [0.05, 0.1) is 12.2 Å². The number of nitrogens with zero attached hydrogens (tertiary/aromatic N) is 3. The van der Waals surface area contributed by atoms with E-state index in [0.29, 0.717) is 18.8 Å². The fraction of sp³-hybridized carbons (Fsp3) is 0.273. The molecule has 1 aromatic heterocycles. The summed E-state index contributed by atoms with van der Waals surface area (Å²) in [6, 6.07) is 6.44. The lowest BCUT2D eigenvalue weighted by atomic mass is 10.2. The molecule has 16 heavy (non-hydrogen) atoms. The Bertz CT molecular complexity index is 470. The van der Waals surface area contributed by atoms with Gasteiger partial charge in [-0.15, -0.1) is 16.7 Å². The lowest BCUT2D eigenvalue weighted by Gasteiger charge is -2.00. The Kier molecular flexibility index (Phi) is 3.51. The number of hydrogen-bond donors (Lipinski definition) is 0. The number of hydrogen-bond acceptors (Lipinski definition) is 2. The van der Waals surface area contributed by atoms with Crippen LogP contribution in [0.4, 0.5) is 4.39 Å². The molecule has 0 aliphatic rings. The zero-order valence-electron chi connectivity index (χ0n) is 8.61. The molecule has 1 aromatic carbocycles. The number of rotatable bonds is 4. The van der Waals surface area contributed by atoms with Gasteiger partial charge in [0, 0.05) is 18.5 Å². The highest BCUT2D eigenvalue weighted by atomic mass is 35.5. The lowest BCUT2D eigenvalue weighted by molar-refractivity contribution is 0.614. The second-order valence-corrected chi connectivity index (χ2v) is 3.85. The van der Waals surface area contributed by atoms with E-state index in [4.69, 9.17) is 11.6 Å². The molecule has 2 rings (SSSR count). The summed E-state index contributed by atoms with van der Waals surface area (Å²) in [5.41, 5.74) is 1.72. The highest BCUT2D eigenvalue weighted by Crippen LogP contribution is 2.06. The van der Waals surface area contributed by atoms with Crippen molar-refractivity contribution in [2.45, 2.75) is 13.0 Å². The molecule has 0 fully saturated rings. The topological polar surface area (TPSA) is 30.7 Å². The first kappa shape index (κ1) is 11.1. The minimum atomic E-state index is -0.237. The zero-order valence-corrected chi connectivity index (χ0v) is 9.36. The van der Waals surface area contributed by atoms with Gasteiger partial charge in [-0.1, -0.05) is 17.3 Å². The SMILES string of the molecule is Fc1cccc(Cn2cc(CCCl)nn2)c1. The molecule has 0 unspecified atom stereocenters. The van der Waals surface area contributed by atoms with Crippen LogP contribution in [0.25, 0.3) is 0 Å². The van der Waals surface area contributed by atoms with E-state index in [1.165, 1.54) is 12.1 Å². The second kappa shape index (κ2) is 5.07. The predicted octanol–water partition coefficient (Wildman–Crippen LogP) is 2.25. The van der Waals surface area contributed by atoms with Crippen molar-refractivity contribution in [1.82, 2.24) is 15.0 Å². The van der Waals surface area contributed by atoms with E-state index in [1.807, 2.05) is 12.3 Å². The molecule has 3 nitrogen and oxygen atoms in total. The molecule has 0 N–H and O–H groups in total. The summed E-state index contributed by atoms with van der Waals surface area (Å²) in [6.45, 7) is 0.521. The fourth-order valence-electron chi connectivity index (χ4n) is 1.45. The fourth-order valence-corrected chi connectivity index (χ4v) is 1.64. The third-order valence-corrected chi connectivity index (χ3v) is 2.36. The molecular formula is C11H11ClFN3. The van der Waals surface area contributed by atoms with Gasteiger partial charge < -0.3 is 0 Å². The van der Waals surface area contributed by atoms with Crippen LogP contribution in [0.15, 0.2) is 30.5 Å². The van der Waals surface area contributed by atoms with Crippen molar-refractivity contribution >= 4 is 11.6 Å². The van der Waals surface area contributed by atoms with Crippen LogP contribution in [0.3, 0.4) is 0 Å². The Balaban J connectivity index is 2.08. The van der Waals surface area contributed by atoms with Crippen molar-refractivity contribution in [3.05, 3.63) is 47.5 Å². The maximum atomic E-state index is 12.9. The van der Waals surface area contributed by atoms with Crippen molar-refractivity contribution in [2.75, 3.05) is 5.88 Å². The van der Waals surface area contributed by atoms with E-state index in [0.717, 1.165) is 11.3 Å². The van der Waals surface area contributed by atoms with Crippen LogP contribution in [-0.2, 0) is 13.0 Å². The molecule has 0 spiro atoms.